The molecule has 3 fully saturated rings. The van der Waals surface area contributed by atoms with Gasteiger partial charge in [-0.2, -0.15) is 0 Å². The standard InChI is InChI=1S/C25H20Cl2FNO4/c26-14-2-4-21-15(6-14)19(30)8-22(32-21)20(31)9-24-10-25(11-24,12-24)23-7-18(29-33-23)13-1-3-16(27)17(28)5-13/h1-7,19,22,30H,8-12H2/t19-,22-,24?,25?/m1/s1. The van der Waals surface area contributed by atoms with Crippen LogP contribution in [0.5, 0.6) is 5.75 Å². The number of halogens is 3. The Hall–Kier alpha value is -2.41. The van der Waals surface area contributed by atoms with Crippen molar-refractivity contribution in [3.05, 3.63) is 69.7 Å². The molecule has 3 saturated carbocycles. The number of carbonyl (C=O) groups is 1. The number of aromatic nitrogens is 1. The van der Waals surface area contributed by atoms with E-state index in [9.17, 15) is 14.3 Å². The molecule has 33 heavy (non-hydrogen) atoms. The van der Waals surface area contributed by atoms with E-state index in [1.165, 1.54) is 12.1 Å². The molecular formula is C25H20Cl2FNO4. The molecule has 5 nitrogen and oxygen atoms in total. The van der Waals surface area contributed by atoms with Gasteiger partial charge in [-0.05, 0) is 55.0 Å². The van der Waals surface area contributed by atoms with Gasteiger partial charge in [-0.3, -0.25) is 4.79 Å². The number of fused-ring (bicyclic) bond motifs is 1. The van der Waals surface area contributed by atoms with Crippen LogP contribution in [0, 0.1) is 11.2 Å². The molecular weight excluding hydrogens is 468 g/mol. The number of carbonyl (C=O) groups excluding carboxylic acids is 1. The summed E-state index contributed by atoms with van der Waals surface area (Å²) >= 11 is 11.8. The van der Waals surface area contributed by atoms with Gasteiger partial charge in [0.1, 0.15) is 23.0 Å². The van der Waals surface area contributed by atoms with Crippen molar-refractivity contribution in [3.63, 3.8) is 0 Å². The lowest BCUT2D eigenvalue weighted by molar-refractivity contribution is -0.170. The number of benzene rings is 2. The second kappa shape index (κ2) is 7.29. The number of ketones is 1. The second-order valence-corrected chi connectivity index (χ2v) is 10.5. The molecule has 8 heteroatoms. The summed E-state index contributed by atoms with van der Waals surface area (Å²) < 4.78 is 25.3. The van der Waals surface area contributed by atoms with E-state index in [4.69, 9.17) is 32.5 Å². The number of rotatable bonds is 5. The Labute approximate surface area is 199 Å². The minimum Gasteiger partial charge on any atom is -0.482 e. The first-order valence-corrected chi connectivity index (χ1v) is 11.6. The van der Waals surface area contributed by atoms with E-state index < -0.39 is 18.0 Å². The van der Waals surface area contributed by atoms with Crippen molar-refractivity contribution in [2.45, 2.75) is 49.7 Å². The number of ether oxygens (including phenoxy) is 1. The average molecular weight is 488 g/mol. The Bertz CT molecular complexity index is 1270. The Morgan fingerprint density at radius 2 is 1.94 bits per heavy atom. The Morgan fingerprint density at radius 1 is 1.15 bits per heavy atom. The Balaban J connectivity index is 1.11. The molecule has 2 heterocycles. The summed E-state index contributed by atoms with van der Waals surface area (Å²) in [6.45, 7) is 0. The van der Waals surface area contributed by atoms with Gasteiger partial charge in [0.25, 0.3) is 0 Å². The SMILES string of the molecule is O=C(CC12CC(c3cc(-c4ccc(Cl)c(F)c4)no3)(C1)C2)[C@H]1C[C@@H](O)c2cc(Cl)ccc2O1. The molecule has 0 unspecified atom stereocenters. The topological polar surface area (TPSA) is 72.6 Å². The van der Waals surface area contributed by atoms with E-state index in [2.05, 4.69) is 5.16 Å². The van der Waals surface area contributed by atoms with E-state index in [1.54, 1.807) is 24.3 Å². The van der Waals surface area contributed by atoms with Crippen LogP contribution in [0.4, 0.5) is 4.39 Å². The van der Waals surface area contributed by atoms with E-state index in [-0.39, 0.29) is 28.1 Å². The lowest BCUT2D eigenvalue weighted by atomic mass is 9.33. The van der Waals surface area contributed by atoms with Crippen molar-refractivity contribution in [3.8, 4) is 17.0 Å². The Morgan fingerprint density at radius 3 is 2.70 bits per heavy atom. The van der Waals surface area contributed by atoms with Crippen LogP contribution >= 0.6 is 23.2 Å². The van der Waals surface area contributed by atoms with Gasteiger partial charge in [0.05, 0.1) is 11.1 Å². The number of nitrogens with zero attached hydrogens (tertiary/aromatic N) is 1. The third-order valence-electron chi connectivity index (χ3n) is 7.33. The fourth-order valence-electron chi connectivity index (χ4n) is 5.86. The molecule has 2 atom stereocenters. The average Bonchev–Trinajstić information content (AvgIpc) is 3.21. The molecule has 4 aliphatic rings. The number of aliphatic hydroxyl groups excluding tert-OH is 1. The maximum absolute atomic E-state index is 13.8. The van der Waals surface area contributed by atoms with Gasteiger partial charge in [-0.15, -0.1) is 0 Å². The monoisotopic (exact) mass is 487 g/mol. The summed E-state index contributed by atoms with van der Waals surface area (Å²) in [5, 5.41) is 15.2. The maximum atomic E-state index is 13.8. The first-order chi connectivity index (χ1) is 15.8. The van der Waals surface area contributed by atoms with Crippen molar-refractivity contribution in [2.24, 2.45) is 5.41 Å². The lowest BCUT2D eigenvalue weighted by Crippen LogP contribution is -2.65. The third kappa shape index (κ3) is 3.38. The Kier molecular flexibility index (Phi) is 4.67. The van der Waals surface area contributed by atoms with Crippen LogP contribution in [-0.4, -0.2) is 22.2 Å². The van der Waals surface area contributed by atoms with E-state index >= 15 is 0 Å². The fraction of sp³-hybridized carbons (Fsp3) is 0.360. The minimum atomic E-state index is -0.772. The number of Topliss-reactive ketones (excluding diaryl/α,β-unsaturated/α-hetero) is 1. The van der Waals surface area contributed by atoms with Gasteiger partial charge >= 0.3 is 0 Å². The van der Waals surface area contributed by atoms with Crippen molar-refractivity contribution in [1.82, 2.24) is 5.16 Å². The number of aliphatic hydroxyl groups is 1. The van der Waals surface area contributed by atoms with Gasteiger partial charge in [0.2, 0.25) is 0 Å². The van der Waals surface area contributed by atoms with Crippen molar-refractivity contribution < 1.29 is 23.6 Å². The smallest absolute Gasteiger partial charge is 0.173 e. The molecule has 170 valence electrons. The predicted octanol–water partition coefficient (Wildman–Crippen LogP) is 6.05. The minimum absolute atomic E-state index is 0.0119. The van der Waals surface area contributed by atoms with Crippen LogP contribution in [0.25, 0.3) is 11.3 Å². The van der Waals surface area contributed by atoms with Gasteiger partial charge in [0, 0.05) is 40.5 Å². The third-order valence-corrected chi connectivity index (χ3v) is 7.88. The van der Waals surface area contributed by atoms with Crippen LogP contribution in [-0.2, 0) is 10.2 Å². The second-order valence-electron chi connectivity index (χ2n) is 9.70. The highest BCUT2D eigenvalue weighted by Crippen LogP contribution is 2.75. The first kappa shape index (κ1) is 21.1. The van der Waals surface area contributed by atoms with Crippen LogP contribution in [0.15, 0.2) is 47.0 Å². The van der Waals surface area contributed by atoms with Gasteiger partial charge in [0.15, 0.2) is 11.9 Å². The molecule has 0 radical (unpaired) electrons. The largest absolute Gasteiger partial charge is 0.482 e. The van der Waals surface area contributed by atoms with Crippen LogP contribution < -0.4 is 4.74 Å². The number of hydrogen-bond donors (Lipinski definition) is 1. The lowest BCUT2D eigenvalue weighted by Gasteiger charge is -2.69. The molecule has 1 aromatic heterocycles. The normalized spacial score (nSPS) is 29.5. The molecule has 7 rings (SSSR count). The zero-order chi connectivity index (χ0) is 23.0. The fourth-order valence-corrected chi connectivity index (χ4v) is 6.16. The summed E-state index contributed by atoms with van der Waals surface area (Å²) in [4.78, 5) is 13.0. The van der Waals surface area contributed by atoms with E-state index in [1.807, 2.05) is 6.07 Å². The zero-order valence-electron chi connectivity index (χ0n) is 17.5. The zero-order valence-corrected chi connectivity index (χ0v) is 19.0. The van der Waals surface area contributed by atoms with E-state index in [0.29, 0.717) is 34.0 Å². The highest BCUT2D eigenvalue weighted by Gasteiger charge is 2.70. The molecule has 0 saturated heterocycles. The van der Waals surface area contributed by atoms with Crippen molar-refractivity contribution in [2.75, 3.05) is 0 Å². The highest BCUT2D eigenvalue weighted by atomic mass is 35.5. The van der Waals surface area contributed by atoms with Crippen LogP contribution in [0.1, 0.15) is 49.5 Å². The van der Waals surface area contributed by atoms with Gasteiger partial charge < -0.3 is 14.4 Å². The predicted molar refractivity (Wildman–Crippen MR) is 120 cm³/mol. The molecule has 2 bridgehead atoms. The van der Waals surface area contributed by atoms with Gasteiger partial charge in [-0.1, -0.05) is 34.4 Å². The quantitative estimate of drug-likeness (QED) is 0.473. The molecule has 3 aromatic rings. The molecule has 1 aliphatic heterocycles. The summed E-state index contributed by atoms with van der Waals surface area (Å²) in [6, 6.07) is 11.5. The first-order valence-electron chi connectivity index (χ1n) is 10.9. The molecule has 0 spiro atoms. The van der Waals surface area contributed by atoms with Crippen molar-refractivity contribution >= 4 is 29.0 Å². The highest BCUT2D eigenvalue weighted by molar-refractivity contribution is 6.31. The molecule has 1 N–H and O–H groups in total. The summed E-state index contributed by atoms with van der Waals surface area (Å²) in [5.74, 6) is 0.802. The van der Waals surface area contributed by atoms with Crippen LogP contribution in [0.3, 0.4) is 0 Å². The summed E-state index contributed by atoms with van der Waals surface area (Å²) in [6.07, 6.45) is 1.75. The molecule has 0 amide bonds. The molecule has 3 aliphatic carbocycles. The van der Waals surface area contributed by atoms with Crippen LogP contribution in [0.2, 0.25) is 10.0 Å². The summed E-state index contributed by atoms with van der Waals surface area (Å²) in [7, 11) is 0. The summed E-state index contributed by atoms with van der Waals surface area (Å²) in [5.41, 5.74) is 1.65. The van der Waals surface area contributed by atoms with Gasteiger partial charge in [-0.25, -0.2) is 4.39 Å². The number of hydrogen-bond acceptors (Lipinski definition) is 5. The van der Waals surface area contributed by atoms with E-state index in [0.717, 1.165) is 25.0 Å². The van der Waals surface area contributed by atoms with Crippen molar-refractivity contribution in [1.29, 1.82) is 0 Å². The maximum Gasteiger partial charge on any atom is 0.173 e. The molecule has 2 aromatic carbocycles.